The van der Waals surface area contributed by atoms with Crippen LogP contribution in [0.2, 0.25) is 0 Å². The molecular formula is C17H16O3. The summed E-state index contributed by atoms with van der Waals surface area (Å²) in [5.74, 6) is 1.33. The van der Waals surface area contributed by atoms with E-state index in [4.69, 9.17) is 9.47 Å². The van der Waals surface area contributed by atoms with Gasteiger partial charge in [-0.25, -0.2) is 0 Å². The zero-order valence-corrected chi connectivity index (χ0v) is 11.3. The molecule has 0 N–H and O–H groups in total. The summed E-state index contributed by atoms with van der Waals surface area (Å²) in [6, 6.07) is 15.5. The standard InChI is InChI=1S/C17H16O3/c1-19-17-12-14(8-5-11-18)9-10-16(17)20-13-15-6-3-2-4-7-15/h2-12H,13H2,1H3. The summed E-state index contributed by atoms with van der Waals surface area (Å²) in [6.45, 7) is 0.487. The van der Waals surface area contributed by atoms with E-state index in [1.807, 2.05) is 48.5 Å². The number of carbonyl (C=O) groups is 1. The first kappa shape index (κ1) is 13.9. The van der Waals surface area contributed by atoms with Crippen LogP contribution in [-0.4, -0.2) is 13.4 Å². The minimum absolute atomic E-state index is 0.487. The predicted octanol–water partition coefficient (Wildman–Crippen LogP) is 3.49. The van der Waals surface area contributed by atoms with Crippen LogP contribution >= 0.6 is 0 Å². The Kier molecular flexibility index (Phi) is 4.95. The molecule has 3 nitrogen and oxygen atoms in total. The minimum atomic E-state index is 0.487. The van der Waals surface area contributed by atoms with Crippen LogP contribution in [0.5, 0.6) is 11.5 Å². The molecule has 0 saturated carbocycles. The molecule has 0 bridgehead atoms. The van der Waals surface area contributed by atoms with Crippen molar-refractivity contribution in [2.45, 2.75) is 6.61 Å². The summed E-state index contributed by atoms with van der Waals surface area (Å²) >= 11 is 0. The monoisotopic (exact) mass is 268 g/mol. The van der Waals surface area contributed by atoms with E-state index in [0.29, 0.717) is 18.1 Å². The van der Waals surface area contributed by atoms with Crippen molar-refractivity contribution >= 4 is 12.4 Å². The Labute approximate surface area is 118 Å². The smallest absolute Gasteiger partial charge is 0.161 e. The Morgan fingerprint density at radius 1 is 1.05 bits per heavy atom. The SMILES string of the molecule is COc1cc(C=CC=O)ccc1OCc1ccccc1. The third kappa shape index (κ3) is 3.72. The quantitative estimate of drug-likeness (QED) is 0.594. The van der Waals surface area contributed by atoms with Gasteiger partial charge in [-0.2, -0.15) is 0 Å². The van der Waals surface area contributed by atoms with Crippen LogP contribution in [-0.2, 0) is 11.4 Å². The van der Waals surface area contributed by atoms with Crippen LogP contribution in [0.4, 0.5) is 0 Å². The second-order valence-electron chi connectivity index (χ2n) is 4.18. The third-order valence-corrected chi connectivity index (χ3v) is 2.79. The number of hydrogen-bond acceptors (Lipinski definition) is 3. The van der Waals surface area contributed by atoms with Gasteiger partial charge in [0, 0.05) is 0 Å². The molecule has 0 spiro atoms. The molecule has 2 rings (SSSR count). The molecule has 3 heteroatoms. The van der Waals surface area contributed by atoms with Gasteiger partial charge in [-0.1, -0.05) is 42.5 Å². The van der Waals surface area contributed by atoms with Crippen molar-refractivity contribution in [1.82, 2.24) is 0 Å². The number of ether oxygens (including phenoxy) is 2. The zero-order valence-electron chi connectivity index (χ0n) is 11.3. The summed E-state index contributed by atoms with van der Waals surface area (Å²) in [4.78, 5) is 10.3. The van der Waals surface area contributed by atoms with Crippen LogP contribution in [0.3, 0.4) is 0 Å². The van der Waals surface area contributed by atoms with Crippen LogP contribution in [0, 0.1) is 0 Å². The van der Waals surface area contributed by atoms with E-state index >= 15 is 0 Å². The van der Waals surface area contributed by atoms with Crippen LogP contribution in [0.15, 0.2) is 54.6 Å². The van der Waals surface area contributed by atoms with Gasteiger partial charge >= 0.3 is 0 Å². The Balaban J connectivity index is 2.11. The Hall–Kier alpha value is -2.55. The zero-order chi connectivity index (χ0) is 14.2. The molecule has 0 aliphatic rings. The fraction of sp³-hybridized carbons (Fsp3) is 0.118. The molecular weight excluding hydrogens is 252 g/mol. The summed E-state index contributed by atoms with van der Waals surface area (Å²) < 4.78 is 11.1. The Morgan fingerprint density at radius 2 is 1.85 bits per heavy atom. The largest absolute Gasteiger partial charge is 0.493 e. The number of methoxy groups -OCH3 is 1. The van der Waals surface area contributed by atoms with Crippen molar-refractivity contribution in [3.8, 4) is 11.5 Å². The lowest BCUT2D eigenvalue weighted by atomic mass is 10.2. The molecule has 0 amide bonds. The second-order valence-corrected chi connectivity index (χ2v) is 4.18. The molecule has 2 aromatic rings. The second kappa shape index (κ2) is 7.14. The van der Waals surface area contributed by atoms with Crippen molar-refractivity contribution in [1.29, 1.82) is 0 Å². The van der Waals surface area contributed by atoms with Gasteiger partial charge in [-0.05, 0) is 29.3 Å². The molecule has 2 aromatic carbocycles. The number of allylic oxidation sites excluding steroid dienone is 1. The Morgan fingerprint density at radius 3 is 2.55 bits per heavy atom. The highest BCUT2D eigenvalue weighted by molar-refractivity contribution is 5.74. The maximum absolute atomic E-state index is 10.3. The number of rotatable bonds is 6. The maximum atomic E-state index is 10.3. The van der Waals surface area contributed by atoms with E-state index in [0.717, 1.165) is 17.4 Å². The van der Waals surface area contributed by atoms with Gasteiger partial charge in [0.2, 0.25) is 0 Å². The first-order chi connectivity index (χ1) is 9.83. The highest BCUT2D eigenvalue weighted by atomic mass is 16.5. The molecule has 0 saturated heterocycles. The molecule has 20 heavy (non-hydrogen) atoms. The van der Waals surface area contributed by atoms with Crippen molar-refractivity contribution in [3.63, 3.8) is 0 Å². The first-order valence-corrected chi connectivity index (χ1v) is 6.30. The van der Waals surface area contributed by atoms with Crippen molar-refractivity contribution in [2.75, 3.05) is 7.11 Å². The van der Waals surface area contributed by atoms with Gasteiger partial charge in [-0.3, -0.25) is 4.79 Å². The Bertz CT molecular complexity index is 588. The van der Waals surface area contributed by atoms with Crippen molar-refractivity contribution in [3.05, 3.63) is 65.7 Å². The topological polar surface area (TPSA) is 35.5 Å². The predicted molar refractivity (Wildman–Crippen MR) is 78.9 cm³/mol. The lowest BCUT2D eigenvalue weighted by Crippen LogP contribution is -1.97. The van der Waals surface area contributed by atoms with E-state index in [9.17, 15) is 4.79 Å². The first-order valence-electron chi connectivity index (χ1n) is 6.30. The van der Waals surface area contributed by atoms with Gasteiger partial charge in [-0.15, -0.1) is 0 Å². The molecule has 0 aliphatic heterocycles. The molecule has 0 heterocycles. The summed E-state index contributed by atoms with van der Waals surface area (Å²) in [7, 11) is 1.60. The average molecular weight is 268 g/mol. The van der Waals surface area contributed by atoms with Gasteiger partial charge in [0.15, 0.2) is 11.5 Å². The minimum Gasteiger partial charge on any atom is -0.493 e. The van der Waals surface area contributed by atoms with Gasteiger partial charge in [0.25, 0.3) is 0 Å². The molecule has 0 fully saturated rings. The molecule has 0 atom stereocenters. The molecule has 0 unspecified atom stereocenters. The summed E-state index contributed by atoms with van der Waals surface area (Å²) in [5, 5.41) is 0. The highest BCUT2D eigenvalue weighted by Gasteiger charge is 2.05. The van der Waals surface area contributed by atoms with Gasteiger partial charge < -0.3 is 9.47 Å². The fourth-order valence-corrected chi connectivity index (χ4v) is 1.79. The molecule has 0 radical (unpaired) electrons. The highest BCUT2D eigenvalue weighted by Crippen LogP contribution is 2.29. The van der Waals surface area contributed by atoms with E-state index in [2.05, 4.69) is 0 Å². The molecule has 0 aromatic heterocycles. The van der Waals surface area contributed by atoms with Crippen molar-refractivity contribution < 1.29 is 14.3 Å². The summed E-state index contributed by atoms with van der Waals surface area (Å²) in [6.07, 6.45) is 3.90. The van der Waals surface area contributed by atoms with Gasteiger partial charge in [0.05, 0.1) is 7.11 Å². The molecule has 102 valence electrons. The third-order valence-electron chi connectivity index (χ3n) is 2.79. The molecule has 0 aliphatic carbocycles. The average Bonchev–Trinajstić information content (AvgIpc) is 2.52. The van der Waals surface area contributed by atoms with E-state index < -0.39 is 0 Å². The van der Waals surface area contributed by atoms with Crippen LogP contribution in [0.1, 0.15) is 11.1 Å². The van der Waals surface area contributed by atoms with E-state index in [1.165, 1.54) is 6.08 Å². The number of aldehydes is 1. The number of carbonyl (C=O) groups excluding carboxylic acids is 1. The van der Waals surface area contributed by atoms with Gasteiger partial charge in [0.1, 0.15) is 12.9 Å². The fourth-order valence-electron chi connectivity index (χ4n) is 1.79. The normalized spacial score (nSPS) is 10.4. The number of hydrogen-bond donors (Lipinski definition) is 0. The number of benzene rings is 2. The van der Waals surface area contributed by atoms with Crippen molar-refractivity contribution in [2.24, 2.45) is 0 Å². The van der Waals surface area contributed by atoms with E-state index in [-0.39, 0.29) is 0 Å². The van der Waals surface area contributed by atoms with Crippen LogP contribution < -0.4 is 9.47 Å². The lowest BCUT2D eigenvalue weighted by molar-refractivity contribution is -0.104. The summed E-state index contributed by atoms with van der Waals surface area (Å²) in [5.41, 5.74) is 1.99. The van der Waals surface area contributed by atoms with E-state index in [1.54, 1.807) is 13.2 Å². The maximum Gasteiger partial charge on any atom is 0.161 e. The lowest BCUT2D eigenvalue weighted by Gasteiger charge is -2.11. The van der Waals surface area contributed by atoms with Crippen LogP contribution in [0.25, 0.3) is 6.08 Å².